The van der Waals surface area contributed by atoms with Crippen LogP contribution in [0.15, 0.2) is 68.7 Å². The number of nitrogens with zero attached hydrogens (tertiary/aromatic N) is 1. The van der Waals surface area contributed by atoms with E-state index < -0.39 is 0 Å². The van der Waals surface area contributed by atoms with Gasteiger partial charge < -0.3 is 9.73 Å². The van der Waals surface area contributed by atoms with E-state index >= 15 is 0 Å². The first-order chi connectivity index (χ1) is 13.2. The molecule has 0 aliphatic heterocycles. The highest BCUT2D eigenvalue weighted by Gasteiger charge is 2.08. The second-order valence-corrected chi connectivity index (χ2v) is 8.25. The Bertz CT molecular complexity index is 1030. The number of hydrogen-bond acceptors (Lipinski definition) is 5. The molecule has 1 N–H and O–H groups in total. The predicted octanol–water partition coefficient (Wildman–Crippen LogP) is 5.42. The molecule has 4 aromatic rings. The van der Waals surface area contributed by atoms with E-state index in [-0.39, 0.29) is 5.91 Å². The van der Waals surface area contributed by atoms with Crippen molar-refractivity contribution in [3.8, 4) is 0 Å². The van der Waals surface area contributed by atoms with Crippen molar-refractivity contribution in [2.45, 2.75) is 23.6 Å². The lowest BCUT2D eigenvalue weighted by molar-refractivity contribution is 0.0948. The number of rotatable bonds is 6. The van der Waals surface area contributed by atoms with Crippen molar-refractivity contribution in [3.63, 3.8) is 0 Å². The zero-order valence-corrected chi connectivity index (χ0v) is 16.4. The molecule has 4 nitrogen and oxygen atoms in total. The fourth-order valence-corrected chi connectivity index (χ4v) is 4.49. The van der Waals surface area contributed by atoms with Gasteiger partial charge >= 0.3 is 0 Å². The quantitative estimate of drug-likeness (QED) is 0.444. The second kappa shape index (κ2) is 7.98. The van der Waals surface area contributed by atoms with Crippen LogP contribution in [-0.4, -0.2) is 10.9 Å². The van der Waals surface area contributed by atoms with E-state index in [9.17, 15) is 4.79 Å². The van der Waals surface area contributed by atoms with Gasteiger partial charge in [0.05, 0.1) is 6.54 Å². The van der Waals surface area contributed by atoms with Crippen molar-refractivity contribution in [1.29, 1.82) is 0 Å². The van der Waals surface area contributed by atoms with Gasteiger partial charge in [0.1, 0.15) is 15.7 Å². The molecule has 0 radical (unpaired) electrons. The van der Waals surface area contributed by atoms with Crippen LogP contribution in [-0.2, 0) is 12.3 Å². The van der Waals surface area contributed by atoms with Crippen LogP contribution in [0.2, 0.25) is 0 Å². The molecule has 1 amide bonds. The van der Waals surface area contributed by atoms with Gasteiger partial charge in [-0.3, -0.25) is 4.79 Å². The molecule has 2 aromatic carbocycles. The van der Waals surface area contributed by atoms with Crippen LogP contribution >= 0.6 is 23.1 Å². The molecule has 6 heteroatoms. The maximum absolute atomic E-state index is 12.4. The largest absolute Gasteiger partial charge is 0.459 e. The Balaban J connectivity index is 1.33. The van der Waals surface area contributed by atoms with Gasteiger partial charge in [0.2, 0.25) is 0 Å². The summed E-state index contributed by atoms with van der Waals surface area (Å²) in [5.41, 5.74) is 3.70. The molecule has 0 saturated heterocycles. The van der Waals surface area contributed by atoms with E-state index in [0.717, 1.165) is 32.5 Å². The third-order valence-electron chi connectivity index (χ3n) is 4.08. The van der Waals surface area contributed by atoms with Crippen LogP contribution in [0.1, 0.15) is 27.4 Å². The van der Waals surface area contributed by atoms with Crippen molar-refractivity contribution in [2.24, 2.45) is 0 Å². The van der Waals surface area contributed by atoms with E-state index in [1.54, 1.807) is 23.1 Å². The number of nitrogens with one attached hydrogen (secondary N) is 1. The number of amides is 1. The van der Waals surface area contributed by atoms with Gasteiger partial charge in [0.15, 0.2) is 0 Å². The summed E-state index contributed by atoms with van der Waals surface area (Å²) in [5.74, 6) is 1.48. The van der Waals surface area contributed by atoms with Crippen LogP contribution in [0.5, 0.6) is 0 Å². The number of benzene rings is 2. The Labute approximate surface area is 165 Å². The molecule has 2 aromatic heterocycles. The number of thioether (sulfide) groups is 1. The Morgan fingerprint density at radius 2 is 2.00 bits per heavy atom. The minimum Gasteiger partial charge on any atom is -0.459 e. The van der Waals surface area contributed by atoms with Crippen molar-refractivity contribution >= 4 is 40.0 Å². The first kappa shape index (κ1) is 17.8. The number of aromatic nitrogens is 1. The van der Waals surface area contributed by atoms with Crippen molar-refractivity contribution < 1.29 is 9.21 Å². The molecule has 0 unspecified atom stereocenters. The van der Waals surface area contributed by atoms with Crippen molar-refractivity contribution in [1.82, 2.24) is 10.3 Å². The number of furan rings is 1. The minimum atomic E-state index is -0.106. The Kier molecular flexibility index (Phi) is 5.27. The lowest BCUT2D eigenvalue weighted by atomic mass is 10.1. The third-order valence-corrected chi connectivity index (χ3v) is 6.29. The molecule has 0 saturated carbocycles. The van der Waals surface area contributed by atoms with Gasteiger partial charge in [-0.2, -0.15) is 0 Å². The van der Waals surface area contributed by atoms with E-state index in [1.165, 1.54) is 5.56 Å². The number of thiazole rings is 1. The standard InChI is InChI=1S/C21H18N2O2S2/c1-14-12-26-21(23-14)27-13-15-6-8-16(9-7-15)20(24)22-11-18-10-17-4-2-3-5-19(17)25-18/h2-10,12H,11,13H2,1H3,(H,22,24). The number of carbonyl (C=O) groups is 1. The highest BCUT2D eigenvalue weighted by atomic mass is 32.2. The van der Waals surface area contributed by atoms with E-state index in [0.29, 0.717) is 12.1 Å². The Hall–Kier alpha value is -2.57. The zero-order chi connectivity index (χ0) is 18.6. The molecule has 0 fully saturated rings. The summed E-state index contributed by atoms with van der Waals surface area (Å²) in [6.45, 7) is 2.37. The van der Waals surface area contributed by atoms with E-state index in [1.807, 2.05) is 61.5 Å². The summed E-state index contributed by atoms with van der Waals surface area (Å²) >= 11 is 3.37. The molecule has 0 aliphatic carbocycles. The molecule has 136 valence electrons. The maximum Gasteiger partial charge on any atom is 0.251 e. The van der Waals surface area contributed by atoms with Crippen LogP contribution in [0, 0.1) is 6.92 Å². The maximum atomic E-state index is 12.4. The van der Waals surface area contributed by atoms with Crippen LogP contribution < -0.4 is 5.32 Å². The lowest BCUT2D eigenvalue weighted by Gasteiger charge is -2.05. The van der Waals surface area contributed by atoms with Gasteiger partial charge in [-0.25, -0.2) is 4.98 Å². The van der Waals surface area contributed by atoms with Crippen LogP contribution in [0.4, 0.5) is 0 Å². The number of para-hydroxylation sites is 1. The molecule has 0 atom stereocenters. The summed E-state index contributed by atoms with van der Waals surface area (Å²) in [4.78, 5) is 16.8. The molecule has 27 heavy (non-hydrogen) atoms. The average molecular weight is 395 g/mol. The summed E-state index contributed by atoms with van der Waals surface area (Å²) in [6.07, 6.45) is 0. The third kappa shape index (κ3) is 4.40. The molecule has 0 bridgehead atoms. The second-order valence-electron chi connectivity index (χ2n) is 6.17. The van der Waals surface area contributed by atoms with Crippen LogP contribution in [0.3, 0.4) is 0 Å². The molecule has 2 heterocycles. The fraction of sp³-hybridized carbons (Fsp3) is 0.143. The summed E-state index contributed by atoms with van der Waals surface area (Å²) in [6, 6.07) is 17.5. The number of hydrogen-bond donors (Lipinski definition) is 1. The highest BCUT2D eigenvalue weighted by molar-refractivity contribution is 8.00. The van der Waals surface area contributed by atoms with Crippen LogP contribution in [0.25, 0.3) is 11.0 Å². The summed E-state index contributed by atoms with van der Waals surface area (Å²) < 4.78 is 6.80. The van der Waals surface area contributed by atoms with Gasteiger partial charge in [-0.15, -0.1) is 11.3 Å². The SMILES string of the molecule is Cc1csc(SCc2ccc(C(=O)NCc3cc4ccccc4o3)cc2)n1. The summed E-state index contributed by atoms with van der Waals surface area (Å²) in [5, 5.41) is 6.00. The van der Waals surface area contributed by atoms with Crippen molar-refractivity contribution in [2.75, 3.05) is 0 Å². The van der Waals surface area contributed by atoms with Gasteiger partial charge in [-0.05, 0) is 36.8 Å². The normalized spacial score (nSPS) is 11.0. The smallest absolute Gasteiger partial charge is 0.251 e. The number of fused-ring (bicyclic) bond motifs is 1. The Morgan fingerprint density at radius 1 is 1.19 bits per heavy atom. The van der Waals surface area contributed by atoms with Gasteiger partial charge in [0.25, 0.3) is 5.91 Å². The van der Waals surface area contributed by atoms with Gasteiger partial charge in [-0.1, -0.05) is 42.1 Å². The average Bonchev–Trinajstić information content (AvgIpc) is 3.30. The first-order valence-electron chi connectivity index (χ1n) is 8.57. The number of carbonyl (C=O) groups excluding carboxylic acids is 1. The molecular weight excluding hydrogens is 376 g/mol. The van der Waals surface area contributed by atoms with E-state index in [2.05, 4.69) is 15.7 Å². The fourth-order valence-electron chi connectivity index (χ4n) is 2.69. The van der Waals surface area contributed by atoms with Gasteiger partial charge in [0, 0.05) is 27.8 Å². The molecular formula is C21H18N2O2S2. The lowest BCUT2D eigenvalue weighted by Crippen LogP contribution is -2.22. The molecule has 0 spiro atoms. The summed E-state index contributed by atoms with van der Waals surface area (Å²) in [7, 11) is 0. The highest BCUT2D eigenvalue weighted by Crippen LogP contribution is 2.26. The topological polar surface area (TPSA) is 55.1 Å². The van der Waals surface area contributed by atoms with Crippen molar-refractivity contribution in [3.05, 3.63) is 82.6 Å². The molecule has 0 aliphatic rings. The predicted molar refractivity (Wildman–Crippen MR) is 110 cm³/mol. The first-order valence-corrected chi connectivity index (χ1v) is 10.4. The Morgan fingerprint density at radius 3 is 2.74 bits per heavy atom. The van der Waals surface area contributed by atoms with E-state index in [4.69, 9.17) is 4.42 Å². The number of aryl methyl sites for hydroxylation is 1. The monoisotopic (exact) mass is 394 g/mol. The minimum absolute atomic E-state index is 0.106. The molecule has 4 rings (SSSR count). The zero-order valence-electron chi connectivity index (χ0n) is 14.8.